The molecule has 1 atom stereocenters. The average molecular weight is 387 g/mol. The van der Waals surface area contributed by atoms with Crippen LogP contribution in [-0.4, -0.2) is 31.7 Å². The summed E-state index contributed by atoms with van der Waals surface area (Å²) in [4.78, 5) is 0.160. The first-order valence-electron chi connectivity index (χ1n) is 5.96. The summed E-state index contributed by atoms with van der Waals surface area (Å²) in [5.41, 5.74) is 0. The van der Waals surface area contributed by atoms with Crippen LogP contribution >= 0.6 is 39.1 Å². The van der Waals surface area contributed by atoms with Crippen molar-refractivity contribution in [2.75, 3.05) is 19.0 Å². The number of alkyl halides is 1. The molecule has 1 aromatic rings. The molecule has 0 radical (unpaired) electrons. The minimum atomic E-state index is -3.53. The smallest absolute Gasteiger partial charge is 0.207 e. The number of nitrogens with zero attached hydrogens (tertiary/aromatic N) is 1. The molecule has 0 aliphatic carbocycles. The van der Waals surface area contributed by atoms with Crippen LogP contribution in [0.1, 0.15) is 12.8 Å². The Kier molecular flexibility index (Phi) is 5.17. The Morgan fingerprint density at radius 2 is 2.16 bits per heavy atom. The van der Waals surface area contributed by atoms with Gasteiger partial charge in [0.1, 0.15) is 4.90 Å². The van der Waals surface area contributed by atoms with Crippen molar-refractivity contribution in [3.05, 3.63) is 27.7 Å². The third kappa shape index (κ3) is 3.45. The predicted molar refractivity (Wildman–Crippen MR) is 81.4 cm³/mol. The first-order valence-corrected chi connectivity index (χ1v) is 9.11. The Morgan fingerprint density at radius 1 is 1.42 bits per heavy atom. The van der Waals surface area contributed by atoms with Gasteiger partial charge in [0.05, 0.1) is 5.02 Å². The molecule has 1 fully saturated rings. The summed E-state index contributed by atoms with van der Waals surface area (Å²) in [6.07, 6.45) is 1.81. The molecule has 1 aromatic carbocycles. The van der Waals surface area contributed by atoms with Crippen molar-refractivity contribution in [2.24, 2.45) is 5.92 Å². The minimum Gasteiger partial charge on any atom is -0.207 e. The molecule has 106 valence electrons. The van der Waals surface area contributed by atoms with Gasteiger partial charge in [-0.05, 0) is 37.0 Å². The molecule has 0 amide bonds. The van der Waals surface area contributed by atoms with Gasteiger partial charge in [0, 0.05) is 23.4 Å². The molecule has 0 N–H and O–H groups in total. The highest BCUT2D eigenvalue weighted by atomic mass is 79.9. The van der Waals surface area contributed by atoms with Gasteiger partial charge in [-0.1, -0.05) is 27.5 Å². The zero-order valence-electron chi connectivity index (χ0n) is 10.2. The first kappa shape index (κ1) is 15.6. The van der Waals surface area contributed by atoms with E-state index in [9.17, 15) is 8.42 Å². The fraction of sp³-hybridized carbons (Fsp3) is 0.500. The zero-order valence-corrected chi connectivity index (χ0v) is 14.1. The van der Waals surface area contributed by atoms with E-state index >= 15 is 0 Å². The molecule has 1 aliphatic rings. The normalized spacial score (nSPS) is 21.5. The molecule has 7 heteroatoms. The van der Waals surface area contributed by atoms with Crippen molar-refractivity contribution < 1.29 is 8.42 Å². The Labute approximate surface area is 132 Å². The quantitative estimate of drug-likeness (QED) is 0.742. The van der Waals surface area contributed by atoms with E-state index < -0.39 is 10.0 Å². The standard InChI is InChI=1S/C12H14BrCl2NO2S/c13-10-3-4-12(11(15)6-10)19(17,18)16-5-1-2-9(7-14)8-16/h3-4,6,9H,1-2,5,7-8H2. The maximum Gasteiger partial charge on any atom is 0.244 e. The van der Waals surface area contributed by atoms with Gasteiger partial charge in [-0.15, -0.1) is 11.6 Å². The van der Waals surface area contributed by atoms with Crippen LogP contribution in [0, 0.1) is 5.92 Å². The summed E-state index contributed by atoms with van der Waals surface area (Å²) in [6, 6.07) is 4.81. The van der Waals surface area contributed by atoms with Crippen LogP contribution < -0.4 is 0 Å². The lowest BCUT2D eigenvalue weighted by Gasteiger charge is -2.31. The molecule has 0 aromatic heterocycles. The van der Waals surface area contributed by atoms with Gasteiger partial charge >= 0.3 is 0 Å². The summed E-state index contributed by atoms with van der Waals surface area (Å²) >= 11 is 15.2. The SMILES string of the molecule is O=S(=O)(c1ccc(Br)cc1Cl)N1CCCC(CCl)C1. The van der Waals surface area contributed by atoms with Crippen LogP contribution in [0.3, 0.4) is 0 Å². The van der Waals surface area contributed by atoms with Crippen molar-refractivity contribution in [1.82, 2.24) is 4.31 Å². The van der Waals surface area contributed by atoms with Gasteiger partial charge in [0.2, 0.25) is 10.0 Å². The van der Waals surface area contributed by atoms with Crippen molar-refractivity contribution in [1.29, 1.82) is 0 Å². The molecule has 1 aliphatic heterocycles. The van der Waals surface area contributed by atoms with Gasteiger partial charge in [-0.25, -0.2) is 8.42 Å². The second-order valence-electron chi connectivity index (χ2n) is 4.60. The molecule has 1 saturated heterocycles. The van der Waals surface area contributed by atoms with E-state index in [1.54, 1.807) is 12.1 Å². The maximum atomic E-state index is 12.6. The highest BCUT2D eigenvalue weighted by molar-refractivity contribution is 9.10. The summed E-state index contributed by atoms with van der Waals surface area (Å²) in [5, 5.41) is 0.238. The van der Waals surface area contributed by atoms with E-state index in [-0.39, 0.29) is 15.8 Å². The summed E-state index contributed by atoms with van der Waals surface area (Å²) in [5.74, 6) is 0.708. The van der Waals surface area contributed by atoms with Crippen molar-refractivity contribution in [2.45, 2.75) is 17.7 Å². The van der Waals surface area contributed by atoms with E-state index in [1.807, 2.05) is 0 Å². The molecular formula is C12H14BrCl2NO2S. The molecule has 1 heterocycles. The molecule has 1 unspecified atom stereocenters. The van der Waals surface area contributed by atoms with Crippen molar-refractivity contribution >= 4 is 49.2 Å². The predicted octanol–water partition coefficient (Wildman–Crippen LogP) is 3.74. The van der Waals surface area contributed by atoms with Crippen LogP contribution in [0.5, 0.6) is 0 Å². The topological polar surface area (TPSA) is 37.4 Å². The van der Waals surface area contributed by atoms with E-state index in [1.165, 1.54) is 10.4 Å². The zero-order chi connectivity index (χ0) is 14.0. The summed E-state index contributed by atoms with van der Waals surface area (Å²) in [6.45, 7) is 1.00. The Hall–Kier alpha value is 0.190. The van der Waals surface area contributed by atoms with Gasteiger partial charge in [-0.2, -0.15) is 4.31 Å². The fourth-order valence-electron chi connectivity index (χ4n) is 2.19. The van der Waals surface area contributed by atoms with Crippen LogP contribution in [0.4, 0.5) is 0 Å². The Balaban J connectivity index is 2.31. The van der Waals surface area contributed by atoms with Gasteiger partial charge in [-0.3, -0.25) is 0 Å². The molecule has 19 heavy (non-hydrogen) atoms. The van der Waals surface area contributed by atoms with Crippen LogP contribution in [-0.2, 0) is 10.0 Å². The lowest BCUT2D eigenvalue weighted by Crippen LogP contribution is -2.40. The highest BCUT2D eigenvalue weighted by Crippen LogP contribution is 2.30. The first-order chi connectivity index (χ1) is 8.95. The van der Waals surface area contributed by atoms with Gasteiger partial charge in [0.25, 0.3) is 0 Å². The van der Waals surface area contributed by atoms with Crippen molar-refractivity contribution in [3.63, 3.8) is 0 Å². The molecule has 0 bridgehead atoms. The number of rotatable bonds is 3. The molecule has 2 rings (SSSR count). The monoisotopic (exact) mass is 385 g/mol. The van der Waals surface area contributed by atoms with Crippen molar-refractivity contribution in [3.8, 4) is 0 Å². The van der Waals surface area contributed by atoms with E-state index in [4.69, 9.17) is 23.2 Å². The highest BCUT2D eigenvalue weighted by Gasteiger charge is 2.31. The number of hydrogen-bond acceptors (Lipinski definition) is 2. The summed E-state index contributed by atoms with van der Waals surface area (Å²) < 4.78 is 27.4. The fourth-order valence-corrected chi connectivity index (χ4v) is 5.01. The summed E-state index contributed by atoms with van der Waals surface area (Å²) in [7, 11) is -3.53. The Bertz CT molecular complexity index is 565. The lowest BCUT2D eigenvalue weighted by atomic mass is 10.0. The van der Waals surface area contributed by atoms with Crippen LogP contribution in [0.15, 0.2) is 27.6 Å². The third-order valence-electron chi connectivity index (χ3n) is 3.21. The second-order valence-corrected chi connectivity index (χ2v) is 8.14. The van der Waals surface area contributed by atoms with Crippen LogP contribution in [0.2, 0.25) is 5.02 Å². The van der Waals surface area contributed by atoms with Gasteiger partial charge in [0.15, 0.2) is 0 Å². The molecule has 0 saturated carbocycles. The number of hydrogen-bond donors (Lipinski definition) is 0. The minimum absolute atomic E-state index is 0.160. The van der Waals surface area contributed by atoms with E-state index in [0.29, 0.717) is 19.0 Å². The number of sulfonamides is 1. The molecule has 0 spiro atoms. The average Bonchev–Trinajstić information content (AvgIpc) is 2.38. The van der Waals surface area contributed by atoms with E-state index in [0.717, 1.165) is 17.3 Å². The van der Waals surface area contributed by atoms with E-state index in [2.05, 4.69) is 15.9 Å². The van der Waals surface area contributed by atoms with Gasteiger partial charge < -0.3 is 0 Å². The molecule has 3 nitrogen and oxygen atoms in total. The number of benzene rings is 1. The largest absolute Gasteiger partial charge is 0.244 e. The maximum absolute atomic E-state index is 12.6. The number of halogens is 3. The lowest BCUT2D eigenvalue weighted by molar-refractivity contribution is 0.283. The second kappa shape index (κ2) is 6.31. The third-order valence-corrected chi connectivity index (χ3v) is 6.49. The number of piperidine rings is 1. The Morgan fingerprint density at radius 3 is 2.79 bits per heavy atom. The molecular weight excluding hydrogens is 373 g/mol. The van der Waals surface area contributed by atoms with Crippen LogP contribution in [0.25, 0.3) is 0 Å².